The molecule has 1 aromatic carbocycles. The van der Waals surface area contributed by atoms with Gasteiger partial charge in [0.1, 0.15) is 0 Å². The fourth-order valence-electron chi connectivity index (χ4n) is 3.31. The minimum Gasteiger partial charge on any atom is -0.493 e. The second-order valence-electron chi connectivity index (χ2n) is 6.53. The van der Waals surface area contributed by atoms with Crippen LogP contribution in [0.1, 0.15) is 29.5 Å². The zero-order valence-electron chi connectivity index (χ0n) is 16.3. The molecule has 1 aliphatic heterocycles. The minimum atomic E-state index is 0. The highest BCUT2D eigenvalue weighted by Gasteiger charge is 2.22. The number of aliphatic imine (C=N–C) groups is 1. The number of ether oxygens (including phenoxy) is 2. The van der Waals surface area contributed by atoms with Crippen molar-refractivity contribution in [2.24, 2.45) is 4.99 Å². The van der Waals surface area contributed by atoms with Crippen molar-refractivity contribution in [2.75, 3.05) is 34.4 Å². The third-order valence-corrected chi connectivity index (χ3v) is 5.61. The number of thiophene rings is 1. The van der Waals surface area contributed by atoms with Crippen LogP contribution in [0, 0.1) is 0 Å². The van der Waals surface area contributed by atoms with E-state index in [0.29, 0.717) is 5.92 Å². The van der Waals surface area contributed by atoms with Gasteiger partial charge in [-0.05, 0) is 58.0 Å². The van der Waals surface area contributed by atoms with E-state index < -0.39 is 0 Å². The summed E-state index contributed by atoms with van der Waals surface area (Å²) in [5.74, 6) is 2.99. The first kappa shape index (κ1) is 21.8. The van der Waals surface area contributed by atoms with E-state index in [-0.39, 0.29) is 24.0 Å². The largest absolute Gasteiger partial charge is 0.493 e. The molecule has 0 aliphatic carbocycles. The Balaban J connectivity index is 0.00000261. The molecule has 0 bridgehead atoms. The monoisotopic (exact) mass is 501 g/mol. The average molecular weight is 501 g/mol. The highest BCUT2D eigenvalue weighted by atomic mass is 127. The van der Waals surface area contributed by atoms with Gasteiger partial charge in [-0.15, -0.1) is 24.0 Å². The number of nitrogens with one attached hydrogen (secondary N) is 1. The van der Waals surface area contributed by atoms with Crippen molar-refractivity contribution < 1.29 is 9.47 Å². The summed E-state index contributed by atoms with van der Waals surface area (Å²) in [5, 5.41) is 7.88. The van der Waals surface area contributed by atoms with Crippen molar-refractivity contribution >= 4 is 41.3 Å². The Labute approximate surface area is 182 Å². The molecule has 1 aromatic heterocycles. The molecule has 1 unspecified atom stereocenters. The van der Waals surface area contributed by atoms with Crippen LogP contribution in [0.25, 0.3) is 0 Å². The van der Waals surface area contributed by atoms with Crippen LogP contribution >= 0.6 is 35.3 Å². The molecule has 0 spiro atoms. The average Bonchev–Trinajstić information content (AvgIpc) is 3.22. The molecule has 2 aromatic rings. The predicted molar refractivity (Wildman–Crippen MR) is 123 cm³/mol. The van der Waals surface area contributed by atoms with Gasteiger partial charge in [-0.3, -0.25) is 4.99 Å². The van der Waals surface area contributed by atoms with Crippen LogP contribution in [0.5, 0.6) is 11.5 Å². The molecule has 7 heteroatoms. The van der Waals surface area contributed by atoms with Crippen LogP contribution in [0.15, 0.2) is 34.0 Å². The molecular weight excluding hydrogens is 473 g/mol. The number of benzene rings is 1. The zero-order valence-corrected chi connectivity index (χ0v) is 19.5. The molecule has 0 amide bonds. The van der Waals surface area contributed by atoms with Gasteiger partial charge in [0.15, 0.2) is 17.5 Å². The normalized spacial score (nSPS) is 14.8. The van der Waals surface area contributed by atoms with Crippen molar-refractivity contribution in [3.05, 3.63) is 45.6 Å². The summed E-state index contributed by atoms with van der Waals surface area (Å²) >= 11 is 1.74. The third kappa shape index (κ3) is 5.07. The van der Waals surface area contributed by atoms with Gasteiger partial charge in [0.2, 0.25) is 0 Å². The number of halogens is 1. The lowest BCUT2D eigenvalue weighted by Crippen LogP contribution is -2.45. The van der Waals surface area contributed by atoms with E-state index in [0.717, 1.165) is 43.5 Å². The molecular formula is C20H28IN3O2S. The minimum absolute atomic E-state index is 0. The molecule has 1 aliphatic rings. The van der Waals surface area contributed by atoms with E-state index >= 15 is 0 Å². The Morgan fingerprint density at radius 1 is 1.26 bits per heavy atom. The maximum Gasteiger partial charge on any atom is 0.193 e. The fourth-order valence-corrected chi connectivity index (χ4v) is 4.10. The molecule has 0 saturated carbocycles. The predicted octanol–water partition coefficient (Wildman–Crippen LogP) is 4.12. The van der Waals surface area contributed by atoms with Crippen LogP contribution in [0.3, 0.4) is 0 Å². The van der Waals surface area contributed by atoms with Crippen LogP contribution in [-0.2, 0) is 13.0 Å². The highest BCUT2D eigenvalue weighted by molar-refractivity contribution is 14.0. The van der Waals surface area contributed by atoms with E-state index in [1.807, 2.05) is 7.05 Å². The Bertz CT molecular complexity index is 765. The lowest BCUT2D eigenvalue weighted by atomic mass is 9.99. The van der Waals surface area contributed by atoms with E-state index in [9.17, 15) is 0 Å². The summed E-state index contributed by atoms with van der Waals surface area (Å²) in [5.41, 5.74) is 3.96. The van der Waals surface area contributed by atoms with Crippen LogP contribution in [0.2, 0.25) is 0 Å². The van der Waals surface area contributed by atoms with E-state index in [2.05, 4.69) is 51.1 Å². The lowest BCUT2D eigenvalue weighted by Gasteiger charge is -2.32. The summed E-state index contributed by atoms with van der Waals surface area (Å²) in [6.07, 6.45) is 0.969. The summed E-state index contributed by atoms with van der Waals surface area (Å²) in [7, 11) is 5.21. The van der Waals surface area contributed by atoms with Crippen LogP contribution in [-0.4, -0.2) is 45.2 Å². The number of nitrogens with zero attached hydrogens (tertiary/aromatic N) is 2. The Kier molecular flexibility index (Phi) is 8.22. The van der Waals surface area contributed by atoms with E-state index in [4.69, 9.17) is 9.47 Å². The van der Waals surface area contributed by atoms with Gasteiger partial charge in [-0.1, -0.05) is 6.92 Å². The summed E-state index contributed by atoms with van der Waals surface area (Å²) < 4.78 is 10.9. The van der Waals surface area contributed by atoms with Gasteiger partial charge in [-0.25, -0.2) is 0 Å². The highest BCUT2D eigenvalue weighted by Crippen LogP contribution is 2.33. The number of fused-ring (bicyclic) bond motifs is 1. The second kappa shape index (κ2) is 10.2. The molecule has 2 heterocycles. The number of hydrogen-bond acceptors (Lipinski definition) is 4. The van der Waals surface area contributed by atoms with Crippen LogP contribution in [0.4, 0.5) is 0 Å². The Hall–Kier alpha value is -1.48. The quantitative estimate of drug-likeness (QED) is 0.381. The first-order chi connectivity index (χ1) is 12.7. The SMILES string of the molecule is CN=C(NCC(C)c1ccsc1)N1CCc2cc(OC)c(OC)cc2C1.I. The Morgan fingerprint density at radius 3 is 2.56 bits per heavy atom. The number of guanidine groups is 1. The van der Waals surface area contributed by atoms with E-state index in [1.54, 1.807) is 25.6 Å². The molecule has 148 valence electrons. The number of hydrogen-bond donors (Lipinski definition) is 1. The van der Waals surface area contributed by atoms with Gasteiger partial charge in [0.25, 0.3) is 0 Å². The molecule has 0 radical (unpaired) electrons. The summed E-state index contributed by atoms with van der Waals surface area (Å²) in [6.45, 7) is 4.88. The van der Waals surface area contributed by atoms with Gasteiger partial charge in [0, 0.05) is 26.7 Å². The first-order valence-electron chi connectivity index (χ1n) is 8.87. The van der Waals surface area contributed by atoms with Crippen molar-refractivity contribution in [1.29, 1.82) is 0 Å². The lowest BCUT2D eigenvalue weighted by molar-refractivity contribution is 0.345. The Morgan fingerprint density at radius 2 is 1.96 bits per heavy atom. The number of rotatable bonds is 5. The molecule has 5 nitrogen and oxygen atoms in total. The van der Waals surface area contributed by atoms with Crippen molar-refractivity contribution in [3.8, 4) is 11.5 Å². The molecule has 3 rings (SSSR count). The smallest absolute Gasteiger partial charge is 0.193 e. The molecule has 0 saturated heterocycles. The standard InChI is InChI=1S/C20H27N3O2S.HI/c1-14(16-6-8-26-13-16)11-22-20(21-2)23-7-5-15-9-18(24-3)19(25-4)10-17(15)12-23;/h6,8-10,13-14H,5,7,11-12H2,1-4H3,(H,21,22);1H. The van der Waals surface area contributed by atoms with Crippen molar-refractivity contribution in [3.63, 3.8) is 0 Å². The summed E-state index contributed by atoms with van der Waals surface area (Å²) in [6, 6.07) is 6.37. The van der Waals surface area contributed by atoms with Gasteiger partial charge in [-0.2, -0.15) is 11.3 Å². The van der Waals surface area contributed by atoms with Crippen LogP contribution < -0.4 is 14.8 Å². The second-order valence-corrected chi connectivity index (χ2v) is 7.31. The van der Waals surface area contributed by atoms with Gasteiger partial charge in [0.05, 0.1) is 14.2 Å². The van der Waals surface area contributed by atoms with E-state index in [1.165, 1.54) is 16.7 Å². The number of methoxy groups -OCH3 is 2. The topological polar surface area (TPSA) is 46.1 Å². The maximum atomic E-state index is 5.46. The van der Waals surface area contributed by atoms with Crippen molar-refractivity contribution in [1.82, 2.24) is 10.2 Å². The molecule has 0 fully saturated rings. The summed E-state index contributed by atoms with van der Waals surface area (Å²) in [4.78, 5) is 6.79. The molecule has 27 heavy (non-hydrogen) atoms. The molecule has 1 N–H and O–H groups in total. The van der Waals surface area contributed by atoms with Crippen molar-refractivity contribution in [2.45, 2.75) is 25.8 Å². The third-order valence-electron chi connectivity index (χ3n) is 4.91. The molecule has 1 atom stereocenters. The zero-order chi connectivity index (χ0) is 18.5. The first-order valence-corrected chi connectivity index (χ1v) is 9.82. The maximum absolute atomic E-state index is 5.46. The fraction of sp³-hybridized carbons (Fsp3) is 0.450. The van der Waals surface area contributed by atoms with Gasteiger partial charge >= 0.3 is 0 Å². The van der Waals surface area contributed by atoms with Gasteiger partial charge < -0.3 is 19.7 Å².